The second-order valence-electron chi connectivity index (χ2n) is 16.7. The minimum absolute atomic E-state index is 0.0813. The molecule has 0 N–H and O–H groups in total. The van der Waals surface area contributed by atoms with E-state index in [0.29, 0.717) is 19.3 Å². The van der Waals surface area contributed by atoms with Crippen LogP contribution >= 0.6 is 0 Å². The topological polar surface area (TPSA) is 78.9 Å². The lowest BCUT2D eigenvalue weighted by Crippen LogP contribution is -2.30. The minimum atomic E-state index is -0.776. The predicted molar refractivity (Wildman–Crippen MR) is 270 cm³/mol. The van der Waals surface area contributed by atoms with Crippen molar-refractivity contribution >= 4 is 17.9 Å². The van der Waals surface area contributed by atoms with Gasteiger partial charge in [-0.15, -0.1) is 0 Å². The van der Waals surface area contributed by atoms with Crippen molar-refractivity contribution in [1.82, 2.24) is 0 Å². The van der Waals surface area contributed by atoms with Crippen molar-refractivity contribution in [3.8, 4) is 0 Å². The Hall–Kier alpha value is -3.67. The summed E-state index contributed by atoms with van der Waals surface area (Å²) in [5.41, 5.74) is 0. The van der Waals surface area contributed by atoms with Gasteiger partial charge in [-0.3, -0.25) is 14.4 Å². The molecular formula is C57H94O6. The normalized spacial score (nSPS) is 12.9. The van der Waals surface area contributed by atoms with E-state index in [0.717, 1.165) is 122 Å². The highest BCUT2D eigenvalue weighted by Crippen LogP contribution is 2.13. The average molecular weight is 875 g/mol. The predicted octanol–water partition coefficient (Wildman–Crippen LogP) is 17.0. The smallest absolute Gasteiger partial charge is 0.306 e. The van der Waals surface area contributed by atoms with Crippen LogP contribution < -0.4 is 0 Å². The second kappa shape index (κ2) is 51.0. The average Bonchev–Trinajstić information content (AvgIpc) is 3.28. The quantitative estimate of drug-likeness (QED) is 0.0262. The van der Waals surface area contributed by atoms with Gasteiger partial charge < -0.3 is 14.2 Å². The Morgan fingerprint density at radius 1 is 0.333 bits per heavy atom. The molecule has 0 heterocycles. The van der Waals surface area contributed by atoms with E-state index in [1.165, 1.54) is 64.2 Å². The molecular weight excluding hydrogens is 781 g/mol. The van der Waals surface area contributed by atoms with Gasteiger partial charge in [0, 0.05) is 19.3 Å². The van der Waals surface area contributed by atoms with Gasteiger partial charge in [0.25, 0.3) is 0 Å². The van der Waals surface area contributed by atoms with Crippen molar-refractivity contribution in [2.75, 3.05) is 13.2 Å². The van der Waals surface area contributed by atoms with Crippen molar-refractivity contribution in [3.63, 3.8) is 0 Å². The Morgan fingerprint density at radius 3 is 0.968 bits per heavy atom. The van der Waals surface area contributed by atoms with E-state index in [9.17, 15) is 14.4 Å². The molecule has 0 amide bonds. The molecule has 0 aliphatic rings. The van der Waals surface area contributed by atoms with E-state index >= 15 is 0 Å². The van der Waals surface area contributed by atoms with Gasteiger partial charge >= 0.3 is 17.9 Å². The minimum Gasteiger partial charge on any atom is -0.462 e. The highest BCUT2D eigenvalue weighted by Gasteiger charge is 2.19. The van der Waals surface area contributed by atoms with Crippen LogP contribution in [0.25, 0.3) is 0 Å². The van der Waals surface area contributed by atoms with Crippen LogP contribution in [0.15, 0.2) is 97.2 Å². The molecule has 0 aromatic rings. The van der Waals surface area contributed by atoms with Crippen molar-refractivity contribution < 1.29 is 28.6 Å². The van der Waals surface area contributed by atoms with Crippen LogP contribution in [0, 0.1) is 0 Å². The molecule has 63 heavy (non-hydrogen) atoms. The van der Waals surface area contributed by atoms with E-state index in [1.807, 2.05) is 0 Å². The van der Waals surface area contributed by atoms with Gasteiger partial charge in [-0.05, 0) is 83.5 Å². The number of carbonyl (C=O) groups excluding carboxylic acids is 3. The van der Waals surface area contributed by atoms with Crippen LogP contribution in [0.3, 0.4) is 0 Å². The Bertz CT molecular complexity index is 1280. The molecule has 0 radical (unpaired) electrons. The SMILES string of the molecule is CC/C=C\C/C=C\C/C=C\C/C=C\C/C=C\C/C=C\C/C=C\C/C=C\CCCCCCCCC(=O)OCC(COC(=O)CCCCCCCC)OC(=O)CCCCCCCCCC. The molecule has 1 atom stereocenters. The van der Waals surface area contributed by atoms with Crippen molar-refractivity contribution in [1.29, 1.82) is 0 Å². The number of ether oxygens (including phenoxy) is 3. The molecule has 6 heteroatoms. The van der Waals surface area contributed by atoms with Gasteiger partial charge in [-0.25, -0.2) is 0 Å². The third-order valence-electron chi connectivity index (χ3n) is 10.6. The van der Waals surface area contributed by atoms with Gasteiger partial charge in [0.1, 0.15) is 13.2 Å². The molecule has 0 aromatic carbocycles. The van der Waals surface area contributed by atoms with Crippen molar-refractivity contribution in [2.24, 2.45) is 0 Å². The van der Waals surface area contributed by atoms with Crippen LogP contribution in [0.2, 0.25) is 0 Å². The monoisotopic (exact) mass is 875 g/mol. The van der Waals surface area contributed by atoms with Gasteiger partial charge in [0.2, 0.25) is 0 Å². The fourth-order valence-corrected chi connectivity index (χ4v) is 6.75. The lowest BCUT2D eigenvalue weighted by Gasteiger charge is -2.18. The van der Waals surface area contributed by atoms with Crippen molar-refractivity contribution in [2.45, 2.75) is 232 Å². The standard InChI is InChI=1S/C57H94O6/c1-4-7-10-13-16-18-19-20-21-22-23-24-25-26-27-28-29-30-31-32-33-34-35-36-37-38-39-40-42-44-47-50-56(59)62-53-54(52-61-55(58)49-46-43-15-12-9-6-3)63-57(60)51-48-45-41-17-14-11-8-5-2/h7,10,16,18,20-21,23-24,26-27,29-30,32-33,35-36,54H,4-6,8-9,11-15,17,19,22,25,28,31,34,37-53H2,1-3H3/b10-7-,18-16-,21-20-,24-23-,27-26-,30-29-,33-32-,36-35-. The number of rotatable bonds is 45. The van der Waals surface area contributed by atoms with E-state index < -0.39 is 6.10 Å². The summed E-state index contributed by atoms with van der Waals surface area (Å²) in [7, 11) is 0. The van der Waals surface area contributed by atoms with Crippen LogP contribution in [-0.4, -0.2) is 37.2 Å². The molecule has 358 valence electrons. The van der Waals surface area contributed by atoms with Gasteiger partial charge in [-0.2, -0.15) is 0 Å². The van der Waals surface area contributed by atoms with E-state index in [4.69, 9.17) is 14.2 Å². The molecule has 0 saturated heterocycles. The van der Waals surface area contributed by atoms with Gasteiger partial charge in [0.05, 0.1) is 0 Å². The van der Waals surface area contributed by atoms with Gasteiger partial charge in [0.15, 0.2) is 6.10 Å². The van der Waals surface area contributed by atoms with Gasteiger partial charge in [-0.1, -0.05) is 221 Å². The summed E-state index contributed by atoms with van der Waals surface area (Å²) >= 11 is 0. The molecule has 0 aromatic heterocycles. The molecule has 0 bridgehead atoms. The van der Waals surface area contributed by atoms with E-state index in [-0.39, 0.29) is 31.1 Å². The number of hydrogen-bond acceptors (Lipinski definition) is 6. The fourth-order valence-electron chi connectivity index (χ4n) is 6.75. The zero-order valence-corrected chi connectivity index (χ0v) is 40.8. The molecule has 6 nitrogen and oxygen atoms in total. The molecule has 0 spiro atoms. The summed E-state index contributed by atoms with van der Waals surface area (Å²) in [5, 5.41) is 0. The van der Waals surface area contributed by atoms with Crippen LogP contribution in [0.5, 0.6) is 0 Å². The zero-order valence-electron chi connectivity index (χ0n) is 40.8. The highest BCUT2D eigenvalue weighted by molar-refractivity contribution is 5.71. The molecule has 0 rings (SSSR count). The summed E-state index contributed by atoms with van der Waals surface area (Å²) in [6.07, 6.45) is 67.2. The largest absolute Gasteiger partial charge is 0.462 e. The summed E-state index contributed by atoms with van der Waals surface area (Å²) in [6.45, 7) is 6.40. The maximum Gasteiger partial charge on any atom is 0.306 e. The first kappa shape index (κ1) is 59.3. The Balaban J connectivity index is 4.07. The third kappa shape index (κ3) is 49.2. The summed E-state index contributed by atoms with van der Waals surface area (Å²) in [4.78, 5) is 37.5. The molecule has 1 unspecified atom stereocenters. The van der Waals surface area contributed by atoms with E-state index in [2.05, 4.69) is 118 Å². The molecule has 0 fully saturated rings. The molecule has 0 aliphatic heterocycles. The third-order valence-corrected chi connectivity index (χ3v) is 10.6. The second-order valence-corrected chi connectivity index (χ2v) is 16.7. The fraction of sp³-hybridized carbons (Fsp3) is 0.667. The summed E-state index contributed by atoms with van der Waals surface area (Å²) < 4.78 is 16.6. The Labute approximate surface area is 387 Å². The van der Waals surface area contributed by atoms with Crippen LogP contribution in [0.1, 0.15) is 226 Å². The molecule has 0 aliphatic carbocycles. The first-order valence-electron chi connectivity index (χ1n) is 25.7. The van der Waals surface area contributed by atoms with Crippen molar-refractivity contribution in [3.05, 3.63) is 97.2 Å². The first-order chi connectivity index (χ1) is 31.0. The maximum absolute atomic E-state index is 12.6. The first-order valence-corrected chi connectivity index (χ1v) is 25.7. The molecule has 0 saturated carbocycles. The highest BCUT2D eigenvalue weighted by atomic mass is 16.6. The Kier molecular flexibility index (Phi) is 48.0. The number of unbranched alkanes of at least 4 members (excludes halogenated alkanes) is 18. The maximum atomic E-state index is 12.6. The number of allylic oxidation sites excluding steroid dienone is 16. The Morgan fingerprint density at radius 2 is 0.619 bits per heavy atom. The lowest BCUT2D eigenvalue weighted by atomic mass is 10.1. The number of esters is 3. The lowest BCUT2D eigenvalue weighted by molar-refractivity contribution is -0.167. The van der Waals surface area contributed by atoms with Crippen LogP contribution in [0.4, 0.5) is 0 Å². The zero-order chi connectivity index (χ0) is 45.8. The number of carbonyl (C=O) groups is 3. The van der Waals surface area contributed by atoms with E-state index in [1.54, 1.807) is 0 Å². The van der Waals surface area contributed by atoms with Crippen LogP contribution in [-0.2, 0) is 28.6 Å². The number of hydrogen-bond donors (Lipinski definition) is 0. The summed E-state index contributed by atoms with van der Waals surface area (Å²) in [5.74, 6) is -0.916. The summed E-state index contributed by atoms with van der Waals surface area (Å²) in [6, 6.07) is 0.